The molecule has 0 aliphatic rings. The van der Waals surface area contributed by atoms with Gasteiger partial charge in [0.1, 0.15) is 12.2 Å². The third kappa shape index (κ3) is 4.27. The average Bonchev–Trinajstić information content (AvgIpc) is 2.44. The number of methoxy groups -OCH3 is 2. The molecule has 20 heavy (non-hydrogen) atoms. The molecule has 0 bridgehead atoms. The minimum atomic E-state index is -1.06. The summed E-state index contributed by atoms with van der Waals surface area (Å²) in [6, 6.07) is 4.62. The van der Waals surface area contributed by atoms with E-state index in [2.05, 4.69) is 14.8 Å². The highest BCUT2D eigenvalue weighted by molar-refractivity contribution is 5.96. The Bertz CT molecular complexity index is 496. The molecule has 108 valence electrons. The lowest BCUT2D eigenvalue weighted by Crippen LogP contribution is -2.35. The quantitative estimate of drug-likeness (QED) is 0.594. The van der Waals surface area contributed by atoms with Gasteiger partial charge in [-0.05, 0) is 17.7 Å². The van der Waals surface area contributed by atoms with Gasteiger partial charge < -0.3 is 19.9 Å². The van der Waals surface area contributed by atoms with Crippen molar-refractivity contribution in [2.24, 2.45) is 0 Å². The van der Waals surface area contributed by atoms with Crippen LogP contribution in [-0.2, 0) is 23.9 Å². The molecule has 0 fully saturated rings. The molecule has 1 amide bonds. The Morgan fingerprint density at radius 2 is 1.75 bits per heavy atom. The molecule has 1 atom stereocenters. The maximum atomic E-state index is 11.7. The number of carbonyl (C=O) groups is 3. The van der Waals surface area contributed by atoms with Crippen molar-refractivity contribution < 1.29 is 29.0 Å². The largest absolute Gasteiger partial charge is 0.508 e. The lowest BCUT2D eigenvalue weighted by molar-refractivity contribution is -0.148. The Balaban J connectivity index is 2.85. The van der Waals surface area contributed by atoms with Gasteiger partial charge >= 0.3 is 11.9 Å². The van der Waals surface area contributed by atoms with Gasteiger partial charge in [-0.2, -0.15) is 0 Å². The second kappa shape index (κ2) is 7.13. The number of phenolic OH excluding ortho intramolecular Hbond substituents is 1. The van der Waals surface area contributed by atoms with E-state index in [1.165, 1.54) is 31.4 Å². The van der Waals surface area contributed by atoms with Gasteiger partial charge in [-0.1, -0.05) is 12.1 Å². The molecule has 0 aromatic heterocycles. The van der Waals surface area contributed by atoms with Gasteiger partial charge in [0.25, 0.3) is 0 Å². The number of hydrogen-bond donors (Lipinski definition) is 2. The van der Waals surface area contributed by atoms with Gasteiger partial charge in [-0.15, -0.1) is 0 Å². The van der Waals surface area contributed by atoms with Crippen LogP contribution in [0.2, 0.25) is 0 Å². The molecule has 0 spiro atoms. The van der Waals surface area contributed by atoms with Crippen LogP contribution in [0.3, 0.4) is 0 Å². The van der Waals surface area contributed by atoms with E-state index in [4.69, 9.17) is 0 Å². The summed E-state index contributed by atoms with van der Waals surface area (Å²) in [5, 5.41) is 11.6. The van der Waals surface area contributed by atoms with Crippen molar-refractivity contribution in [3.63, 3.8) is 0 Å². The van der Waals surface area contributed by atoms with Crippen LogP contribution in [0.4, 0.5) is 0 Å². The monoisotopic (exact) mass is 281 g/mol. The summed E-state index contributed by atoms with van der Waals surface area (Å²) in [7, 11) is 2.34. The minimum Gasteiger partial charge on any atom is -0.508 e. The third-order valence-corrected chi connectivity index (χ3v) is 2.50. The van der Waals surface area contributed by atoms with E-state index in [1.807, 2.05) is 0 Å². The molecule has 1 unspecified atom stereocenters. The third-order valence-electron chi connectivity index (χ3n) is 2.50. The molecule has 1 rings (SSSR count). The topological polar surface area (TPSA) is 102 Å². The summed E-state index contributed by atoms with van der Waals surface area (Å²) in [5.41, 5.74) is 0.424. The van der Waals surface area contributed by atoms with Gasteiger partial charge in [0.05, 0.1) is 14.2 Å². The van der Waals surface area contributed by atoms with Crippen LogP contribution >= 0.6 is 0 Å². The first kappa shape index (κ1) is 15.5. The highest BCUT2D eigenvalue weighted by Gasteiger charge is 2.24. The van der Waals surface area contributed by atoms with Gasteiger partial charge in [0.2, 0.25) is 5.91 Å². The number of rotatable bonds is 5. The second-order valence-corrected chi connectivity index (χ2v) is 3.87. The Morgan fingerprint density at radius 3 is 2.25 bits per heavy atom. The van der Waals surface area contributed by atoms with Crippen LogP contribution in [0.1, 0.15) is 18.0 Å². The normalized spacial score (nSPS) is 11.3. The summed E-state index contributed by atoms with van der Waals surface area (Å²) in [6.07, 6.45) is -0.498. The predicted octanol–water partition coefficient (Wildman–Crippen LogP) is 0.286. The molecular formula is C13H15NO6. The van der Waals surface area contributed by atoms with Gasteiger partial charge in [0, 0.05) is 0 Å². The zero-order valence-electron chi connectivity index (χ0n) is 11.1. The molecule has 7 nitrogen and oxygen atoms in total. The van der Waals surface area contributed by atoms with E-state index >= 15 is 0 Å². The van der Waals surface area contributed by atoms with Crippen LogP contribution in [0.5, 0.6) is 5.75 Å². The first-order valence-electron chi connectivity index (χ1n) is 5.71. The fraction of sp³-hybridized carbons (Fsp3) is 0.308. The predicted molar refractivity (Wildman–Crippen MR) is 67.6 cm³/mol. The molecule has 0 heterocycles. The van der Waals surface area contributed by atoms with E-state index in [-0.39, 0.29) is 5.75 Å². The van der Waals surface area contributed by atoms with E-state index in [0.29, 0.717) is 5.56 Å². The Hall–Kier alpha value is -2.57. The Morgan fingerprint density at radius 1 is 1.15 bits per heavy atom. The number of benzene rings is 1. The zero-order chi connectivity index (χ0) is 15.1. The van der Waals surface area contributed by atoms with Crippen molar-refractivity contribution >= 4 is 17.8 Å². The van der Waals surface area contributed by atoms with Crippen LogP contribution in [0.15, 0.2) is 24.3 Å². The van der Waals surface area contributed by atoms with Crippen LogP contribution in [-0.4, -0.2) is 37.2 Å². The number of hydrogen-bond acceptors (Lipinski definition) is 6. The van der Waals surface area contributed by atoms with Crippen molar-refractivity contribution in [2.75, 3.05) is 14.2 Å². The molecule has 0 saturated heterocycles. The van der Waals surface area contributed by atoms with Crippen molar-refractivity contribution in [1.29, 1.82) is 0 Å². The fourth-order valence-corrected chi connectivity index (χ4v) is 1.48. The molecule has 0 aliphatic heterocycles. The maximum Gasteiger partial charge on any atom is 0.333 e. The van der Waals surface area contributed by atoms with Gasteiger partial charge in [-0.25, -0.2) is 4.79 Å². The molecule has 7 heteroatoms. The molecule has 0 radical (unpaired) electrons. The minimum absolute atomic E-state index is 0.0262. The first-order chi connectivity index (χ1) is 9.47. The van der Waals surface area contributed by atoms with Gasteiger partial charge in [-0.3, -0.25) is 9.59 Å². The number of ether oxygens (including phenoxy) is 2. The highest BCUT2D eigenvalue weighted by Crippen LogP contribution is 2.18. The summed E-state index contributed by atoms with van der Waals surface area (Å²) in [4.78, 5) is 34.3. The van der Waals surface area contributed by atoms with Crippen molar-refractivity contribution in [3.05, 3.63) is 29.8 Å². The number of nitrogens with one attached hydrogen (secondary N) is 1. The Kier molecular flexibility index (Phi) is 5.52. The molecule has 1 aromatic rings. The van der Waals surface area contributed by atoms with Crippen molar-refractivity contribution in [1.82, 2.24) is 5.32 Å². The summed E-state index contributed by atoms with van der Waals surface area (Å²) in [6.45, 7) is 0. The molecular weight excluding hydrogens is 266 g/mol. The van der Waals surface area contributed by atoms with Crippen LogP contribution in [0.25, 0.3) is 0 Å². The van der Waals surface area contributed by atoms with E-state index in [9.17, 15) is 19.5 Å². The van der Waals surface area contributed by atoms with Gasteiger partial charge in [0.15, 0.2) is 6.04 Å². The van der Waals surface area contributed by atoms with E-state index in [0.717, 1.165) is 7.11 Å². The van der Waals surface area contributed by atoms with Crippen LogP contribution < -0.4 is 5.32 Å². The lowest BCUT2D eigenvalue weighted by atomic mass is 10.1. The van der Waals surface area contributed by atoms with E-state index < -0.39 is 30.3 Å². The van der Waals surface area contributed by atoms with Crippen molar-refractivity contribution in [3.8, 4) is 5.75 Å². The number of amides is 1. The number of esters is 2. The fourth-order valence-electron chi connectivity index (χ4n) is 1.48. The SMILES string of the molecule is COC(=O)CC(=O)NC(C(=O)OC)c1ccc(O)cc1. The van der Waals surface area contributed by atoms with Crippen molar-refractivity contribution in [2.45, 2.75) is 12.5 Å². The number of phenols is 1. The van der Waals surface area contributed by atoms with Crippen LogP contribution in [0, 0.1) is 0 Å². The number of aromatic hydroxyl groups is 1. The molecule has 0 saturated carbocycles. The first-order valence-corrected chi connectivity index (χ1v) is 5.71. The Labute approximate surface area is 115 Å². The number of carbonyl (C=O) groups excluding carboxylic acids is 3. The zero-order valence-corrected chi connectivity index (χ0v) is 11.1. The smallest absolute Gasteiger partial charge is 0.333 e. The standard InChI is InChI=1S/C13H15NO6/c1-19-11(17)7-10(16)14-12(13(18)20-2)8-3-5-9(15)6-4-8/h3-6,12,15H,7H2,1-2H3,(H,14,16). The average molecular weight is 281 g/mol. The molecule has 1 aromatic carbocycles. The van der Waals surface area contributed by atoms with E-state index in [1.54, 1.807) is 0 Å². The summed E-state index contributed by atoms with van der Waals surface area (Å²) < 4.78 is 8.96. The summed E-state index contributed by atoms with van der Waals surface area (Å²) in [5.74, 6) is -2.04. The summed E-state index contributed by atoms with van der Waals surface area (Å²) >= 11 is 0. The second-order valence-electron chi connectivity index (χ2n) is 3.87. The molecule has 2 N–H and O–H groups in total. The molecule has 0 aliphatic carbocycles. The maximum absolute atomic E-state index is 11.7. The highest BCUT2D eigenvalue weighted by atomic mass is 16.5. The lowest BCUT2D eigenvalue weighted by Gasteiger charge is -2.16.